The zero-order valence-corrected chi connectivity index (χ0v) is 13.5. The first kappa shape index (κ1) is 17.8. The lowest BCUT2D eigenvalue weighted by Gasteiger charge is -2.09. The second kappa shape index (κ2) is 8.92. The van der Waals surface area contributed by atoms with Crippen molar-refractivity contribution < 1.29 is 9.59 Å². The molecule has 0 aliphatic carbocycles. The highest BCUT2D eigenvalue weighted by Gasteiger charge is 2.15. The summed E-state index contributed by atoms with van der Waals surface area (Å²) in [5.41, 5.74) is 1.31. The third-order valence-electron chi connectivity index (χ3n) is 2.94. The number of thioether (sulfide) groups is 1. The third kappa shape index (κ3) is 5.22. The molecular weight excluding hydrogens is 310 g/mol. The molecule has 1 aromatic carbocycles. The van der Waals surface area contributed by atoms with Crippen molar-refractivity contribution in [2.24, 2.45) is 0 Å². The van der Waals surface area contributed by atoms with Crippen molar-refractivity contribution in [3.05, 3.63) is 23.8 Å². The van der Waals surface area contributed by atoms with Crippen LogP contribution in [0.15, 0.2) is 23.1 Å². The number of likely N-dealkylation sites (N-methyl/N-ethyl adjacent to an activating group) is 1. The van der Waals surface area contributed by atoms with Crippen molar-refractivity contribution in [1.29, 1.82) is 0 Å². The van der Waals surface area contributed by atoms with Crippen LogP contribution in [-0.2, 0) is 4.79 Å². The van der Waals surface area contributed by atoms with Gasteiger partial charge in [0.1, 0.15) is 0 Å². The van der Waals surface area contributed by atoms with Crippen molar-refractivity contribution in [3.8, 4) is 0 Å². The number of nitrogens with one attached hydrogen (secondary N) is 3. The number of anilines is 1. The molecule has 0 radical (unpaired) electrons. The molecule has 0 aromatic heterocycles. The number of hydrogen-bond acceptors (Lipinski definition) is 4. The second-order valence-electron chi connectivity index (χ2n) is 4.47. The van der Waals surface area contributed by atoms with Gasteiger partial charge in [-0.15, -0.1) is 24.2 Å². The Labute approximate surface area is 135 Å². The maximum absolute atomic E-state index is 12.0. The largest absolute Gasteiger partial charge is 0.351 e. The summed E-state index contributed by atoms with van der Waals surface area (Å²) in [6.07, 6.45) is 0.504. The first-order valence-corrected chi connectivity index (χ1v) is 7.75. The molecule has 0 unspecified atom stereocenters. The van der Waals surface area contributed by atoms with Crippen LogP contribution < -0.4 is 16.0 Å². The lowest BCUT2D eigenvalue weighted by atomic mass is 10.2. The number of carbonyl (C=O) groups excluding carboxylic acids is 2. The SMILES string of the molecule is CCNCCNC(=O)c1ccc2c(c1)NC(=O)CCS2.Cl. The Hall–Kier alpha value is -1.24. The zero-order valence-electron chi connectivity index (χ0n) is 11.9. The van der Waals surface area contributed by atoms with Crippen molar-refractivity contribution in [1.82, 2.24) is 10.6 Å². The van der Waals surface area contributed by atoms with Crippen LogP contribution in [0.2, 0.25) is 0 Å². The molecule has 5 nitrogen and oxygen atoms in total. The highest BCUT2D eigenvalue weighted by molar-refractivity contribution is 7.99. The Kier molecular flexibility index (Phi) is 7.56. The minimum atomic E-state index is -0.116. The molecule has 0 fully saturated rings. The van der Waals surface area contributed by atoms with E-state index >= 15 is 0 Å². The van der Waals surface area contributed by atoms with Gasteiger partial charge in [0.25, 0.3) is 5.91 Å². The molecule has 0 spiro atoms. The standard InChI is InChI=1S/C14H19N3O2S.ClH/c1-2-15-6-7-16-14(19)10-3-4-12-11(9-10)17-13(18)5-8-20-12;/h3-4,9,15H,2,5-8H2,1H3,(H,16,19)(H,17,18);1H. The summed E-state index contributed by atoms with van der Waals surface area (Å²) < 4.78 is 0. The third-order valence-corrected chi connectivity index (χ3v) is 4.02. The molecule has 1 aromatic rings. The Morgan fingerprint density at radius 2 is 2.19 bits per heavy atom. The summed E-state index contributed by atoms with van der Waals surface area (Å²) in [6.45, 7) is 4.25. The van der Waals surface area contributed by atoms with E-state index in [2.05, 4.69) is 16.0 Å². The lowest BCUT2D eigenvalue weighted by molar-refractivity contribution is -0.115. The maximum atomic E-state index is 12.0. The summed E-state index contributed by atoms with van der Waals surface area (Å²) in [5, 5.41) is 8.83. The Balaban J connectivity index is 0.00000220. The van der Waals surface area contributed by atoms with Gasteiger partial charge in [-0.1, -0.05) is 6.92 Å². The number of hydrogen-bond donors (Lipinski definition) is 3. The quantitative estimate of drug-likeness (QED) is 0.721. The van der Waals surface area contributed by atoms with Crippen LogP contribution in [0.5, 0.6) is 0 Å². The van der Waals surface area contributed by atoms with Crippen molar-refractivity contribution >= 4 is 41.7 Å². The summed E-state index contributed by atoms with van der Waals surface area (Å²) in [4.78, 5) is 24.6. The van der Waals surface area contributed by atoms with E-state index in [9.17, 15) is 9.59 Å². The lowest BCUT2D eigenvalue weighted by Crippen LogP contribution is -2.31. The van der Waals surface area contributed by atoms with E-state index < -0.39 is 0 Å². The first-order chi connectivity index (χ1) is 9.70. The summed E-state index contributed by atoms with van der Waals surface area (Å²) >= 11 is 1.63. The fourth-order valence-corrected chi connectivity index (χ4v) is 2.84. The molecule has 0 saturated carbocycles. The molecule has 2 amide bonds. The molecule has 0 atom stereocenters. The molecule has 116 valence electrons. The Morgan fingerprint density at radius 3 is 2.95 bits per heavy atom. The maximum Gasteiger partial charge on any atom is 0.251 e. The number of carbonyl (C=O) groups is 2. The van der Waals surface area contributed by atoms with Crippen molar-refractivity contribution in [2.75, 3.05) is 30.7 Å². The van der Waals surface area contributed by atoms with Crippen LogP contribution in [0.3, 0.4) is 0 Å². The van der Waals surface area contributed by atoms with E-state index in [0.717, 1.165) is 29.4 Å². The van der Waals surface area contributed by atoms with Gasteiger partial charge in [0, 0.05) is 35.7 Å². The van der Waals surface area contributed by atoms with Crippen LogP contribution in [0, 0.1) is 0 Å². The number of rotatable bonds is 5. The van der Waals surface area contributed by atoms with Crippen LogP contribution >= 0.6 is 24.2 Å². The molecule has 1 aliphatic heterocycles. The first-order valence-electron chi connectivity index (χ1n) is 6.76. The average Bonchev–Trinajstić information content (AvgIpc) is 2.63. The molecule has 0 bridgehead atoms. The fourth-order valence-electron chi connectivity index (χ4n) is 1.90. The van der Waals surface area contributed by atoms with Gasteiger partial charge < -0.3 is 16.0 Å². The van der Waals surface area contributed by atoms with E-state index in [1.807, 2.05) is 13.0 Å². The molecule has 1 aliphatic rings. The number of fused-ring (bicyclic) bond motifs is 1. The summed E-state index contributed by atoms with van der Waals surface area (Å²) in [7, 11) is 0. The molecule has 3 N–H and O–H groups in total. The van der Waals surface area contributed by atoms with E-state index in [0.29, 0.717) is 18.5 Å². The second-order valence-corrected chi connectivity index (χ2v) is 5.60. The van der Waals surface area contributed by atoms with Crippen LogP contribution in [-0.4, -0.2) is 37.2 Å². The summed E-state index contributed by atoms with van der Waals surface area (Å²) in [5.74, 6) is 0.655. The van der Waals surface area contributed by atoms with Gasteiger partial charge in [-0.05, 0) is 24.7 Å². The van der Waals surface area contributed by atoms with E-state index in [-0.39, 0.29) is 24.2 Å². The van der Waals surface area contributed by atoms with Crippen molar-refractivity contribution in [2.45, 2.75) is 18.2 Å². The molecule has 21 heavy (non-hydrogen) atoms. The summed E-state index contributed by atoms with van der Waals surface area (Å²) in [6, 6.07) is 5.44. The van der Waals surface area contributed by atoms with Gasteiger partial charge >= 0.3 is 0 Å². The predicted octanol–water partition coefficient (Wildman–Crippen LogP) is 1.88. The van der Waals surface area contributed by atoms with Gasteiger partial charge in [0.05, 0.1) is 5.69 Å². The monoisotopic (exact) mass is 329 g/mol. The average molecular weight is 330 g/mol. The van der Waals surface area contributed by atoms with Gasteiger partial charge in [-0.3, -0.25) is 9.59 Å². The molecule has 7 heteroatoms. The normalized spacial score (nSPS) is 13.5. The molecule has 2 rings (SSSR count). The highest BCUT2D eigenvalue weighted by Crippen LogP contribution is 2.31. The van der Waals surface area contributed by atoms with Gasteiger partial charge in [-0.2, -0.15) is 0 Å². The van der Waals surface area contributed by atoms with Gasteiger partial charge in [-0.25, -0.2) is 0 Å². The minimum absolute atomic E-state index is 0. The predicted molar refractivity (Wildman–Crippen MR) is 88.5 cm³/mol. The van der Waals surface area contributed by atoms with Crippen LogP contribution in [0.4, 0.5) is 5.69 Å². The smallest absolute Gasteiger partial charge is 0.251 e. The van der Waals surface area contributed by atoms with Crippen LogP contribution in [0.1, 0.15) is 23.7 Å². The van der Waals surface area contributed by atoms with Gasteiger partial charge in [0.15, 0.2) is 0 Å². The van der Waals surface area contributed by atoms with E-state index in [1.165, 1.54) is 0 Å². The fraction of sp³-hybridized carbons (Fsp3) is 0.429. The highest BCUT2D eigenvalue weighted by atomic mass is 35.5. The zero-order chi connectivity index (χ0) is 14.4. The number of benzene rings is 1. The molecule has 0 saturated heterocycles. The molecular formula is C14H20ClN3O2S. The molecule has 1 heterocycles. The van der Waals surface area contributed by atoms with E-state index in [1.54, 1.807) is 23.9 Å². The number of amides is 2. The van der Waals surface area contributed by atoms with E-state index in [4.69, 9.17) is 0 Å². The topological polar surface area (TPSA) is 70.2 Å². The van der Waals surface area contributed by atoms with Crippen molar-refractivity contribution in [3.63, 3.8) is 0 Å². The minimum Gasteiger partial charge on any atom is -0.351 e. The van der Waals surface area contributed by atoms with Gasteiger partial charge in [0.2, 0.25) is 5.91 Å². The van der Waals surface area contributed by atoms with Crippen LogP contribution in [0.25, 0.3) is 0 Å². The Bertz CT molecular complexity index is 511. The Morgan fingerprint density at radius 1 is 1.38 bits per heavy atom. The number of halogens is 1.